The Labute approximate surface area is 120 Å². The lowest BCUT2D eigenvalue weighted by atomic mass is 10.2. The highest BCUT2D eigenvalue weighted by molar-refractivity contribution is 7.81. The Morgan fingerprint density at radius 2 is 2.05 bits per heavy atom. The first-order valence-corrected chi connectivity index (χ1v) is 7.15. The summed E-state index contributed by atoms with van der Waals surface area (Å²) in [4.78, 5) is 16.1. The summed E-state index contributed by atoms with van der Waals surface area (Å²) >= 11 is 4.49. The van der Waals surface area contributed by atoms with Crippen molar-refractivity contribution >= 4 is 18.7 Å². The summed E-state index contributed by atoms with van der Waals surface area (Å²) in [7, 11) is 0. The zero-order valence-electron chi connectivity index (χ0n) is 11.8. The molecule has 1 fully saturated rings. The van der Waals surface area contributed by atoms with Gasteiger partial charge in [-0.2, -0.15) is 12.6 Å². The van der Waals surface area contributed by atoms with Gasteiger partial charge in [-0.3, -0.25) is 4.90 Å². The van der Waals surface area contributed by atoms with Crippen LogP contribution in [0.15, 0.2) is 24.0 Å². The topological polar surface area (TPSA) is 32.8 Å². The van der Waals surface area contributed by atoms with Crippen LogP contribution in [-0.4, -0.2) is 46.4 Å². The lowest BCUT2D eigenvalue weighted by Crippen LogP contribution is -2.35. The van der Waals surface area contributed by atoms with Crippen molar-refractivity contribution in [2.75, 3.05) is 19.6 Å². The number of carbonyl (C=O) groups is 1. The Bertz CT molecular complexity index is 404. The number of allylic oxidation sites excluding steroid dienone is 1. The van der Waals surface area contributed by atoms with Gasteiger partial charge in [-0.05, 0) is 20.8 Å². The van der Waals surface area contributed by atoms with Crippen molar-refractivity contribution in [1.82, 2.24) is 9.80 Å². The molecule has 1 amide bonds. The van der Waals surface area contributed by atoms with Crippen molar-refractivity contribution in [3.63, 3.8) is 0 Å². The fourth-order valence-electron chi connectivity index (χ4n) is 2.19. The average molecular weight is 282 g/mol. The predicted octanol–water partition coefficient (Wildman–Crippen LogP) is 2.64. The number of ether oxygens (including phenoxy) is 1. The Balaban J connectivity index is 2.06. The molecular formula is C14H22N2O2S. The van der Waals surface area contributed by atoms with E-state index in [2.05, 4.69) is 35.9 Å². The summed E-state index contributed by atoms with van der Waals surface area (Å²) < 4.78 is 5.44. The van der Waals surface area contributed by atoms with E-state index in [1.165, 1.54) is 0 Å². The molecular weight excluding hydrogens is 260 g/mol. The quantitative estimate of drug-likeness (QED) is 0.593. The Morgan fingerprint density at radius 1 is 1.42 bits per heavy atom. The van der Waals surface area contributed by atoms with Crippen LogP contribution in [0.25, 0.3) is 0 Å². The lowest BCUT2D eigenvalue weighted by Gasteiger charge is -2.26. The first kappa shape index (κ1) is 14.3. The van der Waals surface area contributed by atoms with Crippen molar-refractivity contribution in [1.29, 1.82) is 0 Å². The van der Waals surface area contributed by atoms with E-state index < -0.39 is 5.60 Å². The lowest BCUT2D eigenvalue weighted by molar-refractivity contribution is 0.0337. The first-order valence-electron chi connectivity index (χ1n) is 6.63. The van der Waals surface area contributed by atoms with Crippen molar-refractivity contribution < 1.29 is 9.53 Å². The SMILES string of the molecule is CC(C)(C)OC(=O)N1CC(S)C/C1=C\N1CC=CC1. The van der Waals surface area contributed by atoms with E-state index in [-0.39, 0.29) is 11.3 Å². The Morgan fingerprint density at radius 3 is 2.63 bits per heavy atom. The molecule has 0 aromatic heterocycles. The van der Waals surface area contributed by atoms with Crippen LogP contribution in [0, 0.1) is 0 Å². The van der Waals surface area contributed by atoms with Gasteiger partial charge in [0.25, 0.3) is 0 Å². The molecule has 1 atom stereocenters. The van der Waals surface area contributed by atoms with Crippen LogP contribution in [-0.2, 0) is 4.74 Å². The maximum absolute atomic E-state index is 12.2. The molecule has 4 nitrogen and oxygen atoms in total. The third kappa shape index (κ3) is 3.93. The van der Waals surface area contributed by atoms with Crippen molar-refractivity contribution in [2.24, 2.45) is 0 Å². The third-order valence-electron chi connectivity index (χ3n) is 2.98. The molecule has 19 heavy (non-hydrogen) atoms. The van der Waals surface area contributed by atoms with Crippen LogP contribution in [0.1, 0.15) is 27.2 Å². The number of nitrogens with zero attached hydrogens (tertiary/aromatic N) is 2. The minimum absolute atomic E-state index is 0.189. The monoisotopic (exact) mass is 282 g/mol. The number of carbonyl (C=O) groups excluding carboxylic acids is 1. The summed E-state index contributed by atoms with van der Waals surface area (Å²) in [6.07, 6.45) is 6.84. The van der Waals surface area contributed by atoms with Crippen LogP contribution < -0.4 is 0 Å². The minimum Gasteiger partial charge on any atom is -0.443 e. The summed E-state index contributed by atoms with van der Waals surface area (Å²) in [5, 5.41) is 0.189. The second-order valence-corrected chi connectivity index (χ2v) is 6.72. The van der Waals surface area contributed by atoms with E-state index in [0.29, 0.717) is 6.54 Å². The molecule has 1 saturated heterocycles. The van der Waals surface area contributed by atoms with Crippen LogP contribution in [0.5, 0.6) is 0 Å². The standard InChI is InChI=1S/C14H22N2O2S/c1-14(2,3)18-13(17)16-10-12(19)8-11(16)9-15-6-4-5-7-15/h4-5,9,12,19H,6-8,10H2,1-3H3/b11-9+. The summed E-state index contributed by atoms with van der Waals surface area (Å²) in [6, 6.07) is 0. The van der Waals surface area contributed by atoms with E-state index in [0.717, 1.165) is 25.2 Å². The highest BCUT2D eigenvalue weighted by atomic mass is 32.1. The Hall–Kier alpha value is -1.10. The van der Waals surface area contributed by atoms with Gasteiger partial charge in [-0.1, -0.05) is 12.2 Å². The molecule has 0 bridgehead atoms. The molecule has 0 spiro atoms. The Kier molecular flexibility index (Phi) is 4.13. The maximum Gasteiger partial charge on any atom is 0.414 e. The normalized spacial score (nSPS) is 25.5. The van der Waals surface area contributed by atoms with Crippen LogP contribution in [0.3, 0.4) is 0 Å². The van der Waals surface area contributed by atoms with E-state index in [9.17, 15) is 4.79 Å². The molecule has 2 heterocycles. The highest BCUT2D eigenvalue weighted by Gasteiger charge is 2.32. The van der Waals surface area contributed by atoms with Gasteiger partial charge in [-0.15, -0.1) is 0 Å². The third-order valence-corrected chi connectivity index (χ3v) is 3.32. The number of likely N-dealkylation sites (tertiary alicyclic amines) is 1. The van der Waals surface area contributed by atoms with E-state index in [4.69, 9.17) is 4.74 Å². The number of thiol groups is 1. The summed E-state index contributed by atoms with van der Waals surface area (Å²) in [5.41, 5.74) is 0.532. The number of rotatable bonds is 1. The maximum atomic E-state index is 12.2. The van der Waals surface area contributed by atoms with Crippen molar-refractivity contribution in [2.45, 2.75) is 38.0 Å². The number of amides is 1. The molecule has 1 unspecified atom stereocenters. The zero-order chi connectivity index (χ0) is 14.0. The fraction of sp³-hybridized carbons (Fsp3) is 0.643. The molecule has 0 saturated carbocycles. The van der Waals surface area contributed by atoms with Gasteiger partial charge in [0.05, 0.1) is 0 Å². The van der Waals surface area contributed by atoms with E-state index in [1.807, 2.05) is 20.8 Å². The van der Waals surface area contributed by atoms with Crippen LogP contribution in [0.2, 0.25) is 0 Å². The number of hydrogen-bond donors (Lipinski definition) is 1. The summed E-state index contributed by atoms with van der Waals surface area (Å²) in [5.74, 6) is 0. The molecule has 0 aromatic carbocycles. The second kappa shape index (κ2) is 5.49. The highest BCUT2D eigenvalue weighted by Crippen LogP contribution is 2.27. The zero-order valence-corrected chi connectivity index (χ0v) is 12.7. The molecule has 5 heteroatoms. The summed E-state index contributed by atoms with van der Waals surface area (Å²) in [6.45, 7) is 8.07. The van der Waals surface area contributed by atoms with Crippen LogP contribution in [0.4, 0.5) is 4.79 Å². The second-order valence-electron chi connectivity index (χ2n) is 5.99. The van der Waals surface area contributed by atoms with Crippen LogP contribution >= 0.6 is 12.6 Å². The van der Waals surface area contributed by atoms with Gasteiger partial charge in [0.1, 0.15) is 5.60 Å². The van der Waals surface area contributed by atoms with Gasteiger partial charge in [0.15, 0.2) is 0 Å². The van der Waals surface area contributed by atoms with Gasteiger partial charge in [0, 0.05) is 43.2 Å². The average Bonchev–Trinajstić information content (AvgIpc) is 2.86. The van der Waals surface area contributed by atoms with E-state index >= 15 is 0 Å². The van der Waals surface area contributed by atoms with Crippen molar-refractivity contribution in [3.05, 3.63) is 24.0 Å². The smallest absolute Gasteiger partial charge is 0.414 e. The molecule has 2 aliphatic heterocycles. The molecule has 2 rings (SSSR count). The van der Waals surface area contributed by atoms with Gasteiger partial charge >= 0.3 is 6.09 Å². The molecule has 0 aromatic rings. The molecule has 106 valence electrons. The fourth-order valence-corrected chi connectivity index (χ4v) is 2.54. The van der Waals surface area contributed by atoms with Gasteiger partial charge in [-0.25, -0.2) is 4.79 Å². The molecule has 0 radical (unpaired) electrons. The predicted molar refractivity (Wildman–Crippen MR) is 79.1 cm³/mol. The molecule has 0 N–H and O–H groups in total. The van der Waals surface area contributed by atoms with E-state index in [1.54, 1.807) is 4.90 Å². The van der Waals surface area contributed by atoms with Gasteiger partial charge in [0.2, 0.25) is 0 Å². The first-order chi connectivity index (χ1) is 8.85. The minimum atomic E-state index is -0.466. The molecule has 0 aliphatic carbocycles. The molecule has 2 aliphatic rings. The van der Waals surface area contributed by atoms with Crippen molar-refractivity contribution in [3.8, 4) is 0 Å². The van der Waals surface area contributed by atoms with Gasteiger partial charge < -0.3 is 9.64 Å². The number of hydrogen-bond acceptors (Lipinski definition) is 4. The largest absolute Gasteiger partial charge is 0.443 e.